The van der Waals surface area contributed by atoms with E-state index in [1.807, 2.05) is 0 Å². The van der Waals surface area contributed by atoms with Crippen molar-refractivity contribution in [1.82, 2.24) is 4.98 Å². The lowest BCUT2D eigenvalue weighted by Crippen LogP contribution is -2.29. The molecule has 5 heteroatoms. The molecule has 1 saturated carbocycles. The lowest BCUT2D eigenvalue weighted by atomic mass is 9.76. The summed E-state index contributed by atoms with van der Waals surface area (Å²) in [5.74, 6) is -0.687. The molecule has 1 N–H and O–H groups in total. The summed E-state index contributed by atoms with van der Waals surface area (Å²) in [6.07, 6.45) is 5.33. The number of fused-ring (bicyclic) bond motifs is 1. The van der Waals surface area contributed by atoms with E-state index in [-0.39, 0.29) is 11.8 Å². The van der Waals surface area contributed by atoms with Crippen LogP contribution in [0.2, 0.25) is 0 Å². The van der Waals surface area contributed by atoms with Gasteiger partial charge in [0.05, 0.1) is 17.7 Å². The second kappa shape index (κ2) is 6.69. The Bertz CT molecular complexity index is 790. The molecule has 4 nitrogen and oxygen atoms in total. The van der Waals surface area contributed by atoms with Crippen molar-refractivity contribution in [2.75, 3.05) is 6.61 Å². The molecule has 3 rings (SSSR count). The minimum atomic E-state index is -1.04. The Morgan fingerprint density at radius 3 is 2.83 bits per heavy atom. The highest BCUT2D eigenvalue weighted by atomic mass is 19.1. The molecular weight excluding hydrogens is 309 g/mol. The molecule has 2 aromatic rings. The Balaban J connectivity index is 1.86. The molecule has 126 valence electrons. The van der Waals surface area contributed by atoms with Crippen molar-refractivity contribution < 1.29 is 19.0 Å². The molecule has 0 radical (unpaired) electrons. The van der Waals surface area contributed by atoms with Gasteiger partial charge in [0.15, 0.2) is 0 Å². The number of aliphatic hydroxyl groups is 1. The molecule has 0 bridgehead atoms. The van der Waals surface area contributed by atoms with Crippen LogP contribution in [0.15, 0.2) is 42.1 Å². The van der Waals surface area contributed by atoms with E-state index in [9.17, 15) is 14.3 Å². The van der Waals surface area contributed by atoms with E-state index < -0.39 is 5.60 Å². The summed E-state index contributed by atoms with van der Waals surface area (Å²) >= 11 is 0. The quantitative estimate of drug-likeness (QED) is 0.690. The molecule has 0 unspecified atom stereocenters. The number of allylic oxidation sites excluding steroid dienone is 1. The third kappa shape index (κ3) is 3.31. The fourth-order valence-electron chi connectivity index (χ4n) is 3.27. The normalized spacial score (nSPS) is 20.9. The van der Waals surface area contributed by atoms with E-state index in [1.54, 1.807) is 25.3 Å². The van der Waals surface area contributed by atoms with E-state index >= 15 is 0 Å². The molecule has 0 amide bonds. The van der Waals surface area contributed by atoms with Gasteiger partial charge >= 0.3 is 5.97 Å². The van der Waals surface area contributed by atoms with E-state index in [4.69, 9.17) is 4.74 Å². The van der Waals surface area contributed by atoms with Gasteiger partial charge in [0.1, 0.15) is 5.82 Å². The molecule has 0 saturated heterocycles. The van der Waals surface area contributed by atoms with E-state index in [0.29, 0.717) is 48.8 Å². The van der Waals surface area contributed by atoms with Gasteiger partial charge in [0.2, 0.25) is 0 Å². The Kier molecular flexibility index (Phi) is 4.62. The summed E-state index contributed by atoms with van der Waals surface area (Å²) in [5.41, 5.74) is 1.29. The maximum atomic E-state index is 13.6. The summed E-state index contributed by atoms with van der Waals surface area (Å²) in [7, 11) is 0. The summed E-state index contributed by atoms with van der Waals surface area (Å²) in [4.78, 5) is 15.8. The number of rotatable bonds is 3. The number of halogens is 1. The first-order valence-electron chi connectivity index (χ1n) is 8.15. The van der Waals surface area contributed by atoms with Gasteiger partial charge in [-0.25, -0.2) is 9.18 Å². The van der Waals surface area contributed by atoms with Crippen LogP contribution in [-0.4, -0.2) is 22.7 Å². The highest BCUT2D eigenvalue weighted by Crippen LogP contribution is 2.41. The van der Waals surface area contributed by atoms with E-state index in [0.717, 1.165) is 5.57 Å². The average molecular weight is 329 g/mol. The fourth-order valence-corrected chi connectivity index (χ4v) is 3.27. The molecule has 1 heterocycles. The van der Waals surface area contributed by atoms with Gasteiger partial charge < -0.3 is 9.84 Å². The number of pyridine rings is 1. The maximum absolute atomic E-state index is 13.6. The van der Waals surface area contributed by atoms with Crippen molar-refractivity contribution in [3.05, 3.63) is 53.5 Å². The number of nitrogens with zero attached hydrogens (tertiary/aromatic N) is 1. The van der Waals surface area contributed by atoms with Crippen LogP contribution >= 0.6 is 0 Å². The Labute approximate surface area is 140 Å². The molecule has 0 spiro atoms. The summed E-state index contributed by atoms with van der Waals surface area (Å²) in [6.45, 7) is 2.12. The van der Waals surface area contributed by atoms with Gasteiger partial charge in [-0.3, -0.25) is 4.98 Å². The van der Waals surface area contributed by atoms with Crippen LogP contribution < -0.4 is 0 Å². The third-order valence-corrected chi connectivity index (χ3v) is 4.53. The van der Waals surface area contributed by atoms with E-state index in [1.165, 1.54) is 18.2 Å². The fraction of sp³-hybridized carbons (Fsp3) is 0.368. The number of esters is 1. The van der Waals surface area contributed by atoms with Crippen molar-refractivity contribution in [2.45, 2.75) is 38.2 Å². The standard InChI is InChI=1S/C19H20FNO3/c1-2-24-18(22)11-13-5-8-19(23,9-6-13)16-7-10-21-17-4-3-14(20)12-15(16)17/h3-4,7,10-12,23H,2,5-6,8-9H2,1H3. The minimum Gasteiger partial charge on any atom is -0.463 e. The predicted octanol–water partition coefficient (Wildman–Crippen LogP) is 3.63. The number of benzene rings is 1. The zero-order valence-corrected chi connectivity index (χ0v) is 13.6. The van der Waals surface area contributed by atoms with Crippen LogP contribution in [-0.2, 0) is 15.1 Å². The second-order valence-electron chi connectivity index (χ2n) is 6.11. The van der Waals surface area contributed by atoms with Crippen LogP contribution in [0.4, 0.5) is 4.39 Å². The number of carbonyl (C=O) groups excluding carboxylic acids is 1. The lowest BCUT2D eigenvalue weighted by molar-refractivity contribution is -0.137. The molecule has 24 heavy (non-hydrogen) atoms. The van der Waals surface area contributed by atoms with Crippen LogP contribution in [0, 0.1) is 5.82 Å². The minimum absolute atomic E-state index is 0.339. The van der Waals surface area contributed by atoms with Crippen molar-refractivity contribution in [1.29, 1.82) is 0 Å². The van der Waals surface area contributed by atoms with Crippen LogP contribution in [0.5, 0.6) is 0 Å². The zero-order chi connectivity index (χ0) is 17.2. The van der Waals surface area contributed by atoms with Gasteiger partial charge in [-0.15, -0.1) is 0 Å². The van der Waals surface area contributed by atoms with Crippen molar-refractivity contribution in [2.24, 2.45) is 0 Å². The Morgan fingerprint density at radius 2 is 2.12 bits per heavy atom. The summed E-state index contributed by atoms with van der Waals surface area (Å²) < 4.78 is 18.5. The van der Waals surface area contributed by atoms with Gasteiger partial charge in [0.25, 0.3) is 0 Å². The SMILES string of the molecule is CCOC(=O)C=C1CCC(O)(c2ccnc3ccc(F)cc23)CC1. The molecule has 1 aromatic heterocycles. The van der Waals surface area contributed by atoms with Gasteiger partial charge in [-0.1, -0.05) is 5.57 Å². The first-order chi connectivity index (χ1) is 11.5. The molecule has 1 aromatic carbocycles. The Hall–Kier alpha value is -2.27. The number of hydrogen-bond acceptors (Lipinski definition) is 4. The van der Waals surface area contributed by atoms with Gasteiger partial charge in [-0.2, -0.15) is 0 Å². The zero-order valence-electron chi connectivity index (χ0n) is 13.6. The molecule has 1 aliphatic carbocycles. The predicted molar refractivity (Wildman–Crippen MR) is 88.8 cm³/mol. The second-order valence-corrected chi connectivity index (χ2v) is 6.11. The third-order valence-electron chi connectivity index (χ3n) is 4.53. The highest BCUT2D eigenvalue weighted by Gasteiger charge is 2.34. The molecule has 0 aliphatic heterocycles. The van der Waals surface area contributed by atoms with Crippen LogP contribution in [0.3, 0.4) is 0 Å². The summed E-state index contributed by atoms with van der Waals surface area (Å²) in [6, 6.07) is 6.15. The van der Waals surface area contributed by atoms with Crippen molar-refractivity contribution in [3.8, 4) is 0 Å². The smallest absolute Gasteiger partial charge is 0.330 e. The number of carbonyl (C=O) groups is 1. The number of aromatic nitrogens is 1. The number of ether oxygens (including phenoxy) is 1. The largest absolute Gasteiger partial charge is 0.463 e. The van der Waals surface area contributed by atoms with E-state index in [2.05, 4.69) is 4.98 Å². The first-order valence-corrected chi connectivity index (χ1v) is 8.15. The first kappa shape index (κ1) is 16.6. The highest BCUT2D eigenvalue weighted by molar-refractivity contribution is 5.83. The maximum Gasteiger partial charge on any atom is 0.330 e. The van der Waals surface area contributed by atoms with Gasteiger partial charge in [0, 0.05) is 17.7 Å². The molecule has 1 fully saturated rings. The topological polar surface area (TPSA) is 59.4 Å². The van der Waals surface area contributed by atoms with Crippen LogP contribution in [0.1, 0.15) is 38.2 Å². The lowest BCUT2D eigenvalue weighted by Gasteiger charge is -2.34. The Morgan fingerprint density at radius 1 is 1.38 bits per heavy atom. The van der Waals surface area contributed by atoms with Crippen molar-refractivity contribution >= 4 is 16.9 Å². The van der Waals surface area contributed by atoms with Gasteiger partial charge in [-0.05, 0) is 62.4 Å². The summed E-state index contributed by atoms with van der Waals surface area (Å²) in [5, 5.41) is 11.7. The number of hydrogen-bond donors (Lipinski definition) is 1. The molecular formula is C19H20FNO3. The van der Waals surface area contributed by atoms with Crippen LogP contribution in [0.25, 0.3) is 10.9 Å². The average Bonchev–Trinajstić information content (AvgIpc) is 2.57. The molecule has 1 aliphatic rings. The monoisotopic (exact) mass is 329 g/mol. The van der Waals surface area contributed by atoms with Crippen molar-refractivity contribution in [3.63, 3.8) is 0 Å². The molecule has 0 atom stereocenters.